The van der Waals surface area contributed by atoms with Crippen LogP contribution in [0.2, 0.25) is 0 Å². The first-order chi connectivity index (χ1) is 5.36. The highest BCUT2D eigenvalue weighted by atomic mass is 15.6. The van der Waals surface area contributed by atoms with Gasteiger partial charge in [0, 0.05) is 6.42 Å². The molecule has 1 aliphatic rings. The van der Waals surface area contributed by atoms with E-state index in [1.165, 1.54) is 19.3 Å². The monoisotopic (exact) mass is 153 g/mol. The Morgan fingerprint density at radius 3 is 3.18 bits per heavy atom. The van der Waals surface area contributed by atoms with Crippen molar-refractivity contribution in [3.8, 4) is 0 Å². The van der Waals surface area contributed by atoms with Crippen molar-refractivity contribution in [1.82, 2.24) is 15.1 Å². The third-order valence-corrected chi connectivity index (χ3v) is 2.07. The van der Waals surface area contributed by atoms with Gasteiger partial charge in [-0.2, -0.15) is 0 Å². The molecule has 2 rings (SSSR count). The van der Waals surface area contributed by atoms with Gasteiger partial charge in [-0.05, 0) is 24.1 Å². The number of nitrogens with zero attached hydrogens (tertiary/aromatic N) is 4. The third-order valence-electron chi connectivity index (χ3n) is 2.07. The summed E-state index contributed by atoms with van der Waals surface area (Å²) in [6, 6.07) is 0. The fraction of sp³-hybridized carbons (Fsp3) is 0.857. The topological polar surface area (TPSA) is 34.6 Å². The van der Waals surface area contributed by atoms with Crippen molar-refractivity contribution in [2.45, 2.75) is 32.2 Å². The Kier molecular flexibility index (Phi) is 1.60. The summed E-state index contributed by atoms with van der Waals surface area (Å²) in [5, 5.41) is 8.51. The van der Waals surface area contributed by atoms with E-state index >= 15 is 0 Å². The molecule has 4 nitrogen and oxygen atoms in total. The van der Waals surface area contributed by atoms with Crippen LogP contribution in [0.1, 0.15) is 25.1 Å². The van der Waals surface area contributed by atoms with Gasteiger partial charge in [0.2, 0.25) is 0 Å². The van der Waals surface area contributed by atoms with Crippen LogP contribution in [-0.2, 0) is 20.0 Å². The Labute approximate surface area is 65.8 Å². The van der Waals surface area contributed by atoms with Crippen LogP contribution < -0.4 is 4.68 Å². The molecular formula is C7H13N4+. The predicted molar refractivity (Wildman–Crippen MR) is 38.8 cm³/mol. The Bertz CT molecular complexity index is 229. The molecule has 0 aliphatic carbocycles. The summed E-state index contributed by atoms with van der Waals surface area (Å²) < 4.78 is 2.02. The summed E-state index contributed by atoms with van der Waals surface area (Å²) in [6.45, 7) is 1.04. The zero-order chi connectivity index (χ0) is 7.68. The molecule has 0 N–H and O–H groups in total. The number of aryl methyl sites for hydroxylation is 3. The predicted octanol–water partition coefficient (Wildman–Crippen LogP) is -0.171. The molecule has 0 saturated carbocycles. The van der Waals surface area contributed by atoms with Gasteiger partial charge in [-0.1, -0.05) is 0 Å². The van der Waals surface area contributed by atoms with Crippen molar-refractivity contribution in [1.29, 1.82) is 0 Å². The first kappa shape index (κ1) is 6.76. The molecule has 0 fully saturated rings. The van der Waals surface area contributed by atoms with Gasteiger partial charge in [0.15, 0.2) is 0 Å². The Morgan fingerprint density at radius 1 is 1.36 bits per heavy atom. The average molecular weight is 153 g/mol. The van der Waals surface area contributed by atoms with E-state index in [4.69, 9.17) is 0 Å². The zero-order valence-corrected chi connectivity index (χ0v) is 6.82. The van der Waals surface area contributed by atoms with Crippen LogP contribution >= 0.6 is 0 Å². The molecule has 1 aromatic rings. The number of hydrogen-bond donors (Lipinski definition) is 0. The van der Waals surface area contributed by atoms with Crippen LogP contribution in [-0.4, -0.2) is 15.1 Å². The number of hydrogen-bond acceptors (Lipinski definition) is 2. The lowest BCUT2D eigenvalue weighted by Crippen LogP contribution is -2.39. The highest BCUT2D eigenvalue weighted by Crippen LogP contribution is 2.04. The van der Waals surface area contributed by atoms with Gasteiger partial charge in [-0.3, -0.25) is 0 Å². The standard InChI is InChI=1S/C7H13N4/c1-10-8-7-5-3-2-4-6-11(7)9-10/h2-6H2,1H3/q+1. The van der Waals surface area contributed by atoms with E-state index in [1.54, 1.807) is 4.80 Å². The maximum atomic E-state index is 4.28. The fourth-order valence-electron chi connectivity index (χ4n) is 1.52. The van der Waals surface area contributed by atoms with Gasteiger partial charge < -0.3 is 0 Å². The van der Waals surface area contributed by atoms with Crippen LogP contribution in [0.4, 0.5) is 0 Å². The molecule has 11 heavy (non-hydrogen) atoms. The van der Waals surface area contributed by atoms with Gasteiger partial charge in [-0.25, -0.2) is 0 Å². The van der Waals surface area contributed by atoms with Crippen molar-refractivity contribution in [2.24, 2.45) is 7.05 Å². The normalized spacial score (nSPS) is 17.5. The smallest absolute Gasteiger partial charge is 0.137 e. The van der Waals surface area contributed by atoms with Crippen LogP contribution in [0.15, 0.2) is 0 Å². The molecule has 0 aromatic carbocycles. The minimum atomic E-state index is 1.04. The fourth-order valence-corrected chi connectivity index (χ4v) is 1.52. The van der Waals surface area contributed by atoms with Crippen molar-refractivity contribution < 1.29 is 4.68 Å². The first-order valence-electron chi connectivity index (χ1n) is 4.16. The van der Waals surface area contributed by atoms with E-state index in [0.29, 0.717) is 0 Å². The molecule has 60 valence electrons. The minimum Gasteiger partial charge on any atom is -0.137 e. The van der Waals surface area contributed by atoms with Gasteiger partial charge >= 0.3 is 0 Å². The molecule has 4 heteroatoms. The lowest BCUT2D eigenvalue weighted by atomic mass is 10.2. The molecule has 0 spiro atoms. The van der Waals surface area contributed by atoms with Gasteiger partial charge in [0.1, 0.15) is 7.05 Å². The summed E-state index contributed by atoms with van der Waals surface area (Å²) in [5.74, 6) is 1.14. The molecule has 0 saturated heterocycles. The van der Waals surface area contributed by atoms with Crippen LogP contribution in [0.5, 0.6) is 0 Å². The number of aromatic nitrogens is 4. The molecule has 0 bridgehead atoms. The molecule has 2 heterocycles. The van der Waals surface area contributed by atoms with Crippen LogP contribution in [0, 0.1) is 0 Å². The summed E-state index contributed by atoms with van der Waals surface area (Å²) in [4.78, 5) is 1.65. The van der Waals surface area contributed by atoms with E-state index in [-0.39, 0.29) is 0 Å². The third kappa shape index (κ3) is 1.25. The quantitative estimate of drug-likeness (QED) is 0.485. The Hall–Kier alpha value is -0.930. The van der Waals surface area contributed by atoms with Gasteiger partial charge in [-0.15, -0.1) is 4.68 Å². The van der Waals surface area contributed by atoms with E-state index in [1.807, 2.05) is 11.7 Å². The second-order valence-corrected chi connectivity index (χ2v) is 3.03. The van der Waals surface area contributed by atoms with E-state index in [9.17, 15) is 0 Å². The van der Waals surface area contributed by atoms with Crippen LogP contribution in [0.3, 0.4) is 0 Å². The van der Waals surface area contributed by atoms with Crippen LogP contribution in [0.25, 0.3) is 0 Å². The summed E-state index contributed by atoms with van der Waals surface area (Å²) in [6.07, 6.45) is 4.91. The Morgan fingerprint density at radius 2 is 2.27 bits per heavy atom. The lowest BCUT2D eigenvalue weighted by Gasteiger charge is -1.87. The molecule has 0 unspecified atom stereocenters. The Balaban J connectivity index is 2.32. The maximum Gasteiger partial charge on any atom is 0.298 e. The zero-order valence-electron chi connectivity index (χ0n) is 6.82. The number of tetrazole rings is 1. The average Bonchev–Trinajstić information content (AvgIpc) is 2.17. The maximum absolute atomic E-state index is 4.28. The molecule has 1 aliphatic heterocycles. The van der Waals surface area contributed by atoms with E-state index < -0.39 is 0 Å². The molecule has 0 amide bonds. The second kappa shape index (κ2) is 2.60. The lowest BCUT2D eigenvalue weighted by molar-refractivity contribution is -0.761. The summed E-state index contributed by atoms with van der Waals surface area (Å²) in [5.41, 5.74) is 0. The van der Waals surface area contributed by atoms with Gasteiger partial charge in [0.25, 0.3) is 5.82 Å². The molecular weight excluding hydrogens is 140 g/mol. The van der Waals surface area contributed by atoms with Crippen molar-refractivity contribution in [3.05, 3.63) is 5.82 Å². The van der Waals surface area contributed by atoms with E-state index in [2.05, 4.69) is 10.3 Å². The molecule has 1 aromatic heterocycles. The van der Waals surface area contributed by atoms with Crippen molar-refractivity contribution >= 4 is 0 Å². The SMILES string of the molecule is Cn1nc2[n+](n1)CCCCC2. The second-order valence-electron chi connectivity index (χ2n) is 3.03. The number of rotatable bonds is 0. The van der Waals surface area contributed by atoms with E-state index in [0.717, 1.165) is 18.8 Å². The highest BCUT2D eigenvalue weighted by molar-refractivity contribution is 4.70. The van der Waals surface area contributed by atoms with Crippen molar-refractivity contribution in [3.63, 3.8) is 0 Å². The highest BCUT2D eigenvalue weighted by Gasteiger charge is 2.18. The molecule has 0 atom stereocenters. The molecule has 0 radical (unpaired) electrons. The minimum absolute atomic E-state index is 1.04. The summed E-state index contributed by atoms with van der Waals surface area (Å²) in [7, 11) is 1.88. The largest absolute Gasteiger partial charge is 0.298 e. The first-order valence-corrected chi connectivity index (χ1v) is 4.16. The van der Waals surface area contributed by atoms with Crippen molar-refractivity contribution in [2.75, 3.05) is 0 Å². The summed E-state index contributed by atoms with van der Waals surface area (Å²) >= 11 is 0. The number of fused-ring (bicyclic) bond motifs is 1. The van der Waals surface area contributed by atoms with Gasteiger partial charge in [0.05, 0.1) is 16.9 Å².